The van der Waals surface area contributed by atoms with Crippen LogP contribution in [0.5, 0.6) is 0 Å². The van der Waals surface area contributed by atoms with Crippen molar-refractivity contribution in [1.29, 1.82) is 0 Å². The first-order chi connectivity index (χ1) is 32.4. The first-order valence-electron chi connectivity index (χ1n) is 24.8. The van der Waals surface area contributed by atoms with E-state index in [0.29, 0.717) is 45.3 Å². The van der Waals surface area contributed by atoms with Gasteiger partial charge in [0.2, 0.25) is 35.4 Å². The Bertz CT molecular complexity index is 1340. The summed E-state index contributed by atoms with van der Waals surface area (Å²) in [5.41, 5.74) is 0. The molecule has 6 amide bonds. The van der Waals surface area contributed by atoms with Crippen LogP contribution in [0.15, 0.2) is 0 Å². The van der Waals surface area contributed by atoms with Crippen molar-refractivity contribution >= 4 is 47.4 Å². The van der Waals surface area contributed by atoms with Gasteiger partial charge in [0.15, 0.2) is 0 Å². The molecule has 0 aliphatic heterocycles. The number of rotatable bonds is 49. The highest BCUT2D eigenvalue weighted by Crippen LogP contribution is 2.14. The number of ether oxygens (including phenoxy) is 4. The van der Waals surface area contributed by atoms with Gasteiger partial charge in [-0.05, 0) is 38.5 Å². The van der Waals surface area contributed by atoms with Crippen molar-refractivity contribution in [2.75, 3.05) is 85.6 Å². The summed E-state index contributed by atoms with van der Waals surface area (Å²) in [5.74, 6) is -3.54. The van der Waals surface area contributed by atoms with Crippen molar-refractivity contribution in [3.05, 3.63) is 0 Å². The topological polar surface area (TPSA) is 286 Å². The van der Waals surface area contributed by atoms with E-state index in [9.17, 15) is 43.5 Å². The van der Waals surface area contributed by atoms with Crippen molar-refractivity contribution in [2.24, 2.45) is 0 Å². The molecule has 0 aromatic carbocycles. The van der Waals surface area contributed by atoms with Crippen LogP contribution in [0.1, 0.15) is 161 Å². The van der Waals surface area contributed by atoms with E-state index in [1.807, 2.05) is 6.92 Å². The minimum absolute atomic E-state index is 0.0215. The predicted molar refractivity (Wildman–Crippen MR) is 252 cm³/mol. The van der Waals surface area contributed by atoms with Gasteiger partial charge in [-0.3, -0.25) is 33.6 Å². The summed E-state index contributed by atoms with van der Waals surface area (Å²) in [6, 6.07) is -1.27. The average molecular weight is 959 g/mol. The predicted octanol–water partition coefficient (Wildman–Crippen LogP) is 3.67. The van der Waals surface area contributed by atoms with Gasteiger partial charge in [0.05, 0.1) is 39.6 Å². The Morgan fingerprint density at radius 1 is 0.373 bits per heavy atom. The zero-order chi connectivity index (χ0) is 49.4. The molecular formula is C47H86N6O14. The van der Waals surface area contributed by atoms with Gasteiger partial charge in [-0.15, -0.1) is 0 Å². The van der Waals surface area contributed by atoms with Crippen LogP contribution < -0.4 is 31.9 Å². The third kappa shape index (κ3) is 46.5. The summed E-state index contributed by atoms with van der Waals surface area (Å²) in [7, 11) is 0. The number of hydrogen-bond donors (Lipinski definition) is 8. The smallest absolute Gasteiger partial charge is 0.326 e. The Labute approximate surface area is 398 Å². The van der Waals surface area contributed by atoms with Gasteiger partial charge < -0.3 is 61.1 Å². The molecule has 1 unspecified atom stereocenters. The first-order valence-corrected chi connectivity index (χ1v) is 24.8. The van der Waals surface area contributed by atoms with Gasteiger partial charge in [0.1, 0.15) is 19.3 Å². The molecule has 388 valence electrons. The SMILES string of the molecule is CCCCNC(=O)CCCNC(=O)CCC(NC(=O)COCCOCCNC(=O)COCCOCCNC(=O)CCCNC(=O)CCCCCCCCCCCCCCCCC(=O)O)C(=O)O. The normalized spacial score (nSPS) is 11.4. The van der Waals surface area contributed by atoms with Gasteiger partial charge in [-0.25, -0.2) is 4.79 Å². The highest BCUT2D eigenvalue weighted by molar-refractivity contribution is 5.85. The third-order valence-corrected chi connectivity index (χ3v) is 10.3. The van der Waals surface area contributed by atoms with E-state index in [-0.39, 0.29) is 115 Å². The molecule has 0 aliphatic carbocycles. The quantitative estimate of drug-likeness (QED) is 0.0404. The van der Waals surface area contributed by atoms with Gasteiger partial charge in [-0.1, -0.05) is 90.4 Å². The molecule has 0 saturated carbocycles. The first kappa shape index (κ1) is 62.6. The van der Waals surface area contributed by atoms with Crippen LogP contribution in [0.2, 0.25) is 0 Å². The molecule has 8 N–H and O–H groups in total. The summed E-state index contributed by atoms with van der Waals surface area (Å²) >= 11 is 0. The Kier molecular flexibility index (Phi) is 43.6. The van der Waals surface area contributed by atoms with E-state index in [1.54, 1.807) is 0 Å². The minimum Gasteiger partial charge on any atom is -0.481 e. The number of unbranched alkanes of at least 4 members (excludes halogenated alkanes) is 14. The molecule has 0 spiro atoms. The Balaban J connectivity index is 3.59. The maximum atomic E-state index is 12.1. The molecule has 0 aromatic heterocycles. The van der Waals surface area contributed by atoms with E-state index >= 15 is 0 Å². The summed E-state index contributed by atoms with van der Waals surface area (Å²) in [6.45, 7) is 4.47. The number of amides is 6. The lowest BCUT2D eigenvalue weighted by molar-refractivity contribution is -0.143. The van der Waals surface area contributed by atoms with Crippen molar-refractivity contribution in [3.8, 4) is 0 Å². The average Bonchev–Trinajstić information content (AvgIpc) is 3.29. The number of carbonyl (C=O) groups excluding carboxylic acids is 6. The van der Waals surface area contributed by atoms with Crippen molar-refractivity contribution in [3.63, 3.8) is 0 Å². The lowest BCUT2D eigenvalue weighted by Crippen LogP contribution is -2.43. The van der Waals surface area contributed by atoms with E-state index in [2.05, 4.69) is 31.9 Å². The lowest BCUT2D eigenvalue weighted by atomic mass is 10.0. The molecule has 0 radical (unpaired) electrons. The van der Waals surface area contributed by atoms with Crippen LogP contribution in [0.4, 0.5) is 0 Å². The van der Waals surface area contributed by atoms with E-state index in [4.69, 9.17) is 24.1 Å². The molecule has 20 heteroatoms. The van der Waals surface area contributed by atoms with E-state index < -0.39 is 30.5 Å². The van der Waals surface area contributed by atoms with Crippen LogP contribution in [-0.2, 0) is 57.3 Å². The molecular weight excluding hydrogens is 873 g/mol. The fourth-order valence-corrected chi connectivity index (χ4v) is 6.51. The molecule has 0 bridgehead atoms. The largest absolute Gasteiger partial charge is 0.481 e. The number of hydrogen-bond acceptors (Lipinski definition) is 12. The summed E-state index contributed by atoms with van der Waals surface area (Å²) in [6.07, 6.45) is 20.0. The van der Waals surface area contributed by atoms with Crippen LogP contribution in [0.3, 0.4) is 0 Å². The Hall–Kier alpha value is -4.40. The van der Waals surface area contributed by atoms with Crippen LogP contribution in [0.25, 0.3) is 0 Å². The molecule has 1 atom stereocenters. The molecule has 0 saturated heterocycles. The molecule has 0 aromatic rings. The number of carboxylic acids is 2. The van der Waals surface area contributed by atoms with E-state index in [0.717, 1.165) is 51.4 Å². The molecule has 0 rings (SSSR count). The number of aliphatic carboxylic acids is 2. The number of nitrogens with one attached hydrogen (secondary N) is 6. The summed E-state index contributed by atoms with van der Waals surface area (Å²) in [4.78, 5) is 94.1. The summed E-state index contributed by atoms with van der Waals surface area (Å²) in [5, 5.41) is 34.1. The second kappa shape index (κ2) is 46.7. The fraction of sp³-hybridized carbons (Fsp3) is 0.830. The summed E-state index contributed by atoms with van der Waals surface area (Å²) < 4.78 is 21.3. The monoisotopic (exact) mass is 959 g/mol. The zero-order valence-electron chi connectivity index (χ0n) is 40.5. The van der Waals surface area contributed by atoms with Gasteiger partial charge in [0.25, 0.3) is 0 Å². The molecule has 0 aliphatic rings. The Morgan fingerprint density at radius 3 is 1.18 bits per heavy atom. The zero-order valence-corrected chi connectivity index (χ0v) is 40.5. The minimum atomic E-state index is -1.28. The van der Waals surface area contributed by atoms with Crippen LogP contribution in [0, 0.1) is 0 Å². The van der Waals surface area contributed by atoms with Gasteiger partial charge in [-0.2, -0.15) is 0 Å². The van der Waals surface area contributed by atoms with Gasteiger partial charge in [0, 0.05) is 64.8 Å². The van der Waals surface area contributed by atoms with Crippen molar-refractivity contribution in [1.82, 2.24) is 31.9 Å². The Morgan fingerprint density at radius 2 is 0.731 bits per heavy atom. The van der Waals surface area contributed by atoms with Gasteiger partial charge >= 0.3 is 11.9 Å². The highest BCUT2D eigenvalue weighted by atomic mass is 16.5. The maximum Gasteiger partial charge on any atom is 0.326 e. The lowest BCUT2D eigenvalue weighted by Gasteiger charge is -2.14. The highest BCUT2D eigenvalue weighted by Gasteiger charge is 2.21. The third-order valence-electron chi connectivity index (χ3n) is 10.3. The number of carboxylic acid groups (broad SMARTS) is 2. The van der Waals surface area contributed by atoms with E-state index in [1.165, 1.54) is 51.4 Å². The number of carbonyl (C=O) groups is 8. The van der Waals surface area contributed by atoms with Crippen molar-refractivity contribution < 1.29 is 67.5 Å². The molecule has 0 fully saturated rings. The van der Waals surface area contributed by atoms with Crippen LogP contribution in [-0.4, -0.2) is 149 Å². The molecule has 0 heterocycles. The molecule has 20 nitrogen and oxygen atoms in total. The maximum absolute atomic E-state index is 12.1. The van der Waals surface area contributed by atoms with Crippen LogP contribution >= 0.6 is 0 Å². The fourth-order valence-electron chi connectivity index (χ4n) is 6.51. The molecule has 67 heavy (non-hydrogen) atoms. The second-order valence-electron chi connectivity index (χ2n) is 16.5. The standard InChI is InChI=1S/C47H86N6O14/c1-2-3-26-48-41(55)21-18-28-50-43(57)25-24-39(47(62)63)53-45(59)38-67-36-34-65-32-30-52-44(58)37-66-35-33-64-31-29-51-42(56)22-19-27-49-40(54)20-16-14-12-10-8-6-4-5-7-9-11-13-15-17-23-46(60)61/h39H,2-38H2,1H3,(H,48,55)(H,49,54)(H,50,57)(H,51,56)(H,52,58)(H,53,59)(H,60,61)(H,62,63). The van der Waals surface area contributed by atoms with Crippen molar-refractivity contribution in [2.45, 2.75) is 167 Å². The second-order valence-corrected chi connectivity index (χ2v) is 16.5.